The molecule has 0 saturated carbocycles. The first-order valence-corrected chi connectivity index (χ1v) is 5.60. The normalized spacial score (nSPS) is 9.63. The molecule has 0 spiro atoms. The van der Waals surface area contributed by atoms with Gasteiger partial charge in [-0.15, -0.1) is 0 Å². The second kappa shape index (κ2) is 6.69. The SMILES string of the molecule is COc1cc(NCC(=O)NC(N)=O)c(OC)cc1Cl. The van der Waals surface area contributed by atoms with E-state index in [1.54, 1.807) is 12.1 Å². The van der Waals surface area contributed by atoms with Gasteiger partial charge in [0, 0.05) is 12.1 Å². The summed E-state index contributed by atoms with van der Waals surface area (Å²) in [7, 11) is 2.93. The largest absolute Gasteiger partial charge is 0.495 e. The van der Waals surface area contributed by atoms with E-state index >= 15 is 0 Å². The van der Waals surface area contributed by atoms with Gasteiger partial charge in [-0.25, -0.2) is 4.79 Å². The topological polar surface area (TPSA) is 103 Å². The summed E-state index contributed by atoms with van der Waals surface area (Å²) >= 11 is 5.94. The number of anilines is 1. The van der Waals surface area contributed by atoms with Crippen LogP contribution in [0, 0.1) is 0 Å². The van der Waals surface area contributed by atoms with Gasteiger partial charge in [-0.1, -0.05) is 11.6 Å². The maximum atomic E-state index is 11.3. The quantitative estimate of drug-likeness (QED) is 0.748. The van der Waals surface area contributed by atoms with Crippen LogP contribution in [0.4, 0.5) is 10.5 Å². The average molecular weight is 288 g/mol. The van der Waals surface area contributed by atoms with Crippen LogP contribution in [0.1, 0.15) is 0 Å². The van der Waals surface area contributed by atoms with Crippen LogP contribution in [0.15, 0.2) is 12.1 Å². The molecule has 0 aromatic heterocycles. The van der Waals surface area contributed by atoms with Crippen LogP contribution in [-0.4, -0.2) is 32.7 Å². The Morgan fingerprint density at radius 1 is 1.26 bits per heavy atom. The Balaban J connectivity index is 2.82. The molecule has 3 amide bonds. The van der Waals surface area contributed by atoms with Gasteiger partial charge in [0.25, 0.3) is 0 Å². The molecule has 1 rings (SSSR count). The number of primary amides is 1. The molecule has 0 unspecified atom stereocenters. The van der Waals surface area contributed by atoms with E-state index in [4.69, 9.17) is 26.8 Å². The molecule has 4 N–H and O–H groups in total. The number of amides is 3. The Morgan fingerprint density at radius 2 is 1.89 bits per heavy atom. The van der Waals surface area contributed by atoms with Gasteiger partial charge in [-0.3, -0.25) is 10.1 Å². The Kier molecular flexibility index (Phi) is 5.25. The lowest BCUT2D eigenvalue weighted by Crippen LogP contribution is -2.38. The minimum Gasteiger partial charge on any atom is -0.495 e. The van der Waals surface area contributed by atoms with Gasteiger partial charge < -0.3 is 20.5 Å². The molecule has 0 aliphatic heterocycles. The molecule has 7 nitrogen and oxygen atoms in total. The molecule has 104 valence electrons. The molecule has 0 aliphatic rings. The third-order valence-electron chi connectivity index (χ3n) is 2.18. The fourth-order valence-corrected chi connectivity index (χ4v) is 1.59. The Bertz CT molecular complexity index is 493. The van der Waals surface area contributed by atoms with Crippen molar-refractivity contribution in [3.05, 3.63) is 17.2 Å². The molecule has 1 aromatic carbocycles. The first-order valence-electron chi connectivity index (χ1n) is 5.22. The molecule has 0 heterocycles. The van der Waals surface area contributed by atoms with Gasteiger partial charge in [-0.2, -0.15) is 0 Å². The second-order valence-electron chi connectivity index (χ2n) is 3.45. The standard InChI is InChI=1S/C11H14ClN3O4/c1-18-8-4-7(9(19-2)3-6(8)12)14-5-10(16)15-11(13)17/h3-4,14H,5H2,1-2H3,(H3,13,15,16,17). The van der Waals surface area contributed by atoms with E-state index in [2.05, 4.69) is 5.32 Å². The van der Waals surface area contributed by atoms with Crippen LogP contribution in [0.25, 0.3) is 0 Å². The number of rotatable bonds is 5. The summed E-state index contributed by atoms with van der Waals surface area (Å²) in [6.07, 6.45) is 0. The number of nitrogens with one attached hydrogen (secondary N) is 2. The fourth-order valence-electron chi connectivity index (χ4n) is 1.36. The molecule has 8 heteroatoms. The van der Waals surface area contributed by atoms with E-state index < -0.39 is 11.9 Å². The van der Waals surface area contributed by atoms with E-state index in [0.717, 1.165) is 0 Å². The summed E-state index contributed by atoms with van der Waals surface area (Å²) < 4.78 is 10.2. The van der Waals surface area contributed by atoms with Crippen molar-refractivity contribution in [3.8, 4) is 11.5 Å². The van der Waals surface area contributed by atoms with Crippen LogP contribution in [0.3, 0.4) is 0 Å². The molecular formula is C11H14ClN3O4. The highest BCUT2D eigenvalue weighted by molar-refractivity contribution is 6.32. The number of urea groups is 1. The highest BCUT2D eigenvalue weighted by Crippen LogP contribution is 2.35. The van der Waals surface area contributed by atoms with Crippen molar-refractivity contribution in [2.75, 3.05) is 26.1 Å². The van der Waals surface area contributed by atoms with Crippen LogP contribution in [0.2, 0.25) is 5.02 Å². The Morgan fingerprint density at radius 3 is 2.42 bits per heavy atom. The minimum absolute atomic E-state index is 0.149. The van der Waals surface area contributed by atoms with Crippen LogP contribution in [-0.2, 0) is 4.79 Å². The molecule has 0 bridgehead atoms. The van der Waals surface area contributed by atoms with Gasteiger partial charge in [0.05, 0.1) is 31.5 Å². The number of methoxy groups -OCH3 is 2. The summed E-state index contributed by atoms with van der Waals surface area (Å²) in [5.74, 6) is 0.307. The van der Waals surface area contributed by atoms with Crippen molar-refractivity contribution in [1.82, 2.24) is 5.32 Å². The summed E-state index contributed by atoms with van der Waals surface area (Å²) in [5.41, 5.74) is 5.33. The highest BCUT2D eigenvalue weighted by Gasteiger charge is 2.11. The lowest BCUT2D eigenvalue weighted by molar-refractivity contribution is -0.118. The average Bonchev–Trinajstić information content (AvgIpc) is 2.35. The van der Waals surface area contributed by atoms with Crippen molar-refractivity contribution < 1.29 is 19.1 Å². The first-order chi connectivity index (χ1) is 8.97. The number of nitrogens with two attached hydrogens (primary N) is 1. The molecule has 0 atom stereocenters. The van der Waals surface area contributed by atoms with Gasteiger partial charge in [0.1, 0.15) is 11.5 Å². The molecule has 0 saturated heterocycles. The van der Waals surface area contributed by atoms with Crippen LogP contribution >= 0.6 is 11.6 Å². The zero-order chi connectivity index (χ0) is 14.4. The monoisotopic (exact) mass is 287 g/mol. The minimum atomic E-state index is -0.910. The number of hydrogen-bond acceptors (Lipinski definition) is 5. The predicted molar refractivity (Wildman–Crippen MR) is 70.8 cm³/mol. The maximum Gasteiger partial charge on any atom is 0.318 e. The number of ether oxygens (including phenoxy) is 2. The van der Waals surface area contributed by atoms with Crippen molar-refractivity contribution in [2.24, 2.45) is 5.73 Å². The van der Waals surface area contributed by atoms with Crippen molar-refractivity contribution >= 4 is 29.2 Å². The van der Waals surface area contributed by atoms with Gasteiger partial charge in [-0.05, 0) is 0 Å². The molecular weight excluding hydrogens is 274 g/mol. The molecule has 19 heavy (non-hydrogen) atoms. The smallest absolute Gasteiger partial charge is 0.318 e. The van der Waals surface area contributed by atoms with E-state index in [0.29, 0.717) is 22.2 Å². The molecule has 0 fully saturated rings. The summed E-state index contributed by atoms with van der Waals surface area (Å²) in [6.45, 7) is -0.149. The van der Waals surface area contributed by atoms with Crippen LogP contribution in [0.5, 0.6) is 11.5 Å². The summed E-state index contributed by atoms with van der Waals surface area (Å²) in [5, 5.41) is 5.10. The summed E-state index contributed by atoms with van der Waals surface area (Å²) in [6, 6.07) is 2.22. The number of carbonyl (C=O) groups excluding carboxylic acids is 2. The zero-order valence-corrected chi connectivity index (χ0v) is 11.2. The third-order valence-corrected chi connectivity index (χ3v) is 2.47. The zero-order valence-electron chi connectivity index (χ0n) is 10.5. The number of halogens is 1. The Hall–Kier alpha value is -2.15. The van der Waals surface area contributed by atoms with Crippen LogP contribution < -0.4 is 25.8 Å². The van der Waals surface area contributed by atoms with E-state index in [9.17, 15) is 9.59 Å². The van der Waals surface area contributed by atoms with E-state index in [-0.39, 0.29) is 6.54 Å². The third kappa shape index (κ3) is 4.22. The number of carbonyl (C=O) groups is 2. The van der Waals surface area contributed by atoms with Gasteiger partial charge >= 0.3 is 6.03 Å². The van der Waals surface area contributed by atoms with Crippen molar-refractivity contribution in [1.29, 1.82) is 0 Å². The first kappa shape index (κ1) is 14.9. The van der Waals surface area contributed by atoms with E-state index in [1.165, 1.54) is 14.2 Å². The summed E-state index contributed by atoms with van der Waals surface area (Å²) in [4.78, 5) is 21.8. The molecule has 0 aliphatic carbocycles. The molecule has 1 aromatic rings. The second-order valence-corrected chi connectivity index (χ2v) is 3.86. The maximum absolute atomic E-state index is 11.3. The lowest BCUT2D eigenvalue weighted by atomic mass is 10.2. The fraction of sp³-hybridized carbons (Fsp3) is 0.273. The van der Waals surface area contributed by atoms with Gasteiger partial charge in [0.15, 0.2) is 0 Å². The van der Waals surface area contributed by atoms with Crippen molar-refractivity contribution in [2.45, 2.75) is 0 Å². The molecule has 0 radical (unpaired) electrons. The Labute approximate surface area is 115 Å². The number of benzene rings is 1. The highest BCUT2D eigenvalue weighted by atomic mass is 35.5. The van der Waals surface area contributed by atoms with Gasteiger partial charge in [0.2, 0.25) is 5.91 Å². The van der Waals surface area contributed by atoms with E-state index in [1.807, 2.05) is 5.32 Å². The number of hydrogen-bond donors (Lipinski definition) is 3. The number of imide groups is 1. The predicted octanol–water partition coefficient (Wildman–Crippen LogP) is 0.964. The lowest BCUT2D eigenvalue weighted by Gasteiger charge is -2.13. The van der Waals surface area contributed by atoms with Crippen molar-refractivity contribution in [3.63, 3.8) is 0 Å².